The van der Waals surface area contributed by atoms with Gasteiger partial charge < -0.3 is 5.32 Å². The molecule has 1 aromatic rings. The van der Waals surface area contributed by atoms with Gasteiger partial charge in [-0.15, -0.1) is 0 Å². The first-order chi connectivity index (χ1) is 7.72. The lowest BCUT2D eigenvalue weighted by Crippen LogP contribution is -2.18. The van der Waals surface area contributed by atoms with Gasteiger partial charge in [0.15, 0.2) is 0 Å². The standard InChI is InChI=1S/C13H15N3/c1-3-11(7-8-14)16-13-6-4-5-10(2)12(13)9-15/h4-6,11,16H,3,7H2,1-2H3. The van der Waals surface area contributed by atoms with E-state index < -0.39 is 0 Å². The molecule has 3 heteroatoms. The minimum atomic E-state index is 0.110. The highest BCUT2D eigenvalue weighted by Crippen LogP contribution is 2.20. The van der Waals surface area contributed by atoms with Gasteiger partial charge in [0.2, 0.25) is 0 Å². The minimum absolute atomic E-state index is 0.110. The summed E-state index contributed by atoms with van der Waals surface area (Å²) in [5, 5.41) is 21.0. The Morgan fingerprint density at radius 1 is 1.38 bits per heavy atom. The van der Waals surface area contributed by atoms with Gasteiger partial charge in [-0.1, -0.05) is 19.1 Å². The van der Waals surface area contributed by atoms with E-state index in [2.05, 4.69) is 17.5 Å². The summed E-state index contributed by atoms with van der Waals surface area (Å²) in [6.07, 6.45) is 1.32. The second kappa shape index (κ2) is 5.78. The molecular weight excluding hydrogens is 198 g/mol. The first-order valence-corrected chi connectivity index (χ1v) is 5.36. The lowest BCUT2D eigenvalue weighted by atomic mass is 10.1. The normalized spacial score (nSPS) is 11.2. The molecule has 1 unspecified atom stereocenters. The van der Waals surface area contributed by atoms with Gasteiger partial charge in [-0.25, -0.2) is 0 Å². The maximum atomic E-state index is 9.06. The predicted octanol–water partition coefficient (Wildman–Crippen LogP) is 2.97. The Kier molecular flexibility index (Phi) is 4.36. The number of hydrogen-bond donors (Lipinski definition) is 1. The van der Waals surface area contributed by atoms with Gasteiger partial charge in [0, 0.05) is 6.04 Å². The van der Waals surface area contributed by atoms with Crippen LogP contribution in [0, 0.1) is 29.6 Å². The average Bonchev–Trinajstić information content (AvgIpc) is 2.28. The smallest absolute Gasteiger partial charge is 0.102 e. The molecule has 1 rings (SSSR count). The maximum Gasteiger partial charge on any atom is 0.102 e. The molecule has 1 N–H and O–H groups in total. The van der Waals surface area contributed by atoms with E-state index in [1.807, 2.05) is 32.0 Å². The van der Waals surface area contributed by atoms with Crippen molar-refractivity contribution in [3.63, 3.8) is 0 Å². The fraction of sp³-hybridized carbons (Fsp3) is 0.385. The summed E-state index contributed by atoms with van der Waals surface area (Å²) in [6.45, 7) is 3.94. The van der Waals surface area contributed by atoms with Gasteiger partial charge in [0.25, 0.3) is 0 Å². The van der Waals surface area contributed by atoms with E-state index in [9.17, 15) is 0 Å². The molecule has 0 saturated carbocycles. The molecular formula is C13H15N3. The zero-order valence-electron chi connectivity index (χ0n) is 9.62. The van der Waals surface area contributed by atoms with Crippen molar-refractivity contribution in [3.05, 3.63) is 29.3 Å². The van der Waals surface area contributed by atoms with Gasteiger partial charge in [0.1, 0.15) is 6.07 Å². The largest absolute Gasteiger partial charge is 0.380 e. The van der Waals surface area contributed by atoms with Crippen LogP contribution in [-0.4, -0.2) is 6.04 Å². The Hall–Kier alpha value is -2.00. The molecule has 16 heavy (non-hydrogen) atoms. The van der Waals surface area contributed by atoms with E-state index in [4.69, 9.17) is 10.5 Å². The predicted molar refractivity (Wildman–Crippen MR) is 63.8 cm³/mol. The number of anilines is 1. The quantitative estimate of drug-likeness (QED) is 0.836. The van der Waals surface area contributed by atoms with E-state index in [0.717, 1.165) is 17.7 Å². The Labute approximate surface area is 96.3 Å². The Bertz CT molecular complexity index is 437. The SMILES string of the molecule is CCC(CC#N)Nc1cccc(C)c1C#N. The highest BCUT2D eigenvalue weighted by molar-refractivity contribution is 5.61. The molecule has 0 saturated heterocycles. The van der Waals surface area contributed by atoms with Crippen LogP contribution in [-0.2, 0) is 0 Å². The fourth-order valence-corrected chi connectivity index (χ4v) is 1.56. The maximum absolute atomic E-state index is 9.06. The molecule has 3 nitrogen and oxygen atoms in total. The molecule has 1 atom stereocenters. The fourth-order valence-electron chi connectivity index (χ4n) is 1.56. The molecule has 0 fully saturated rings. The summed E-state index contributed by atoms with van der Waals surface area (Å²) >= 11 is 0. The first-order valence-electron chi connectivity index (χ1n) is 5.36. The molecule has 0 heterocycles. The van der Waals surface area contributed by atoms with Crippen LogP contribution in [0.3, 0.4) is 0 Å². The van der Waals surface area contributed by atoms with Crippen LogP contribution in [0.15, 0.2) is 18.2 Å². The number of nitriles is 2. The molecule has 0 spiro atoms. The van der Waals surface area contributed by atoms with Gasteiger partial charge in [-0.3, -0.25) is 0 Å². The van der Waals surface area contributed by atoms with E-state index in [1.165, 1.54) is 0 Å². The van der Waals surface area contributed by atoms with E-state index >= 15 is 0 Å². The van der Waals surface area contributed by atoms with Crippen molar-refractivity contribution >= 4 is 5.69 Å². The molecule has 0 aliphatic carbocycles. The summed E-state index contributed by atoms with van der Waals surface area (Å²) < 4.78 is 0. The third kappa shape index (κ3) is 2.74. The molecule has 0 amide bonds. The second-order valence-electron chi connectivity index (χ2n) is 3.72. The van der Waals surface area contributed by atoms with Gasteiger partial charge >= 0.3 is 0 Å². The summed E-state index contributed by atoms with van der Waals surface area (Å²) in [5.74, 6) is 0. The minimum Gasteiger partial charge on any atom is -0.380 e. The van der Waals surface area contributed by atoms with Gasteiger partial charge in [-0.05, 0) is 25.0 Å². The number of nitrogens with one attached hydrogen (secondary N) is 1. The Balaban J connectivity index is 2.93. The van der Waals surface area contributed by atoms with Gasteiger partial charge in [-0.2, -0.15) is 10.5 Å². The molecule has 0 aliphatic rings. The third-order valence-electron chi connectivity index (χ3n) is 2.57. The monoisotopic (exact) mass is 213 g/mol. The van der Waals surface area contributed by atoms with Crippen molar-refractivity contribution in [2.24, 2.45) is 0 Å². The van der Waals surface area contributed by atoms with Crippen LogP contribution in [0.4, 0.5) is 5.69 Å². The van der Waals surface area contributed by atoms with Crippen LogP contribution < -0.4 is 5.32 Å². The van der Waals surface area contributed by atoms with Crippen LogP contribution in [0.25, 0.3) is 0 Å². The van der Waals surface area contributed by atoms with Crippen LogP contribution in [0.1, 0.15) is 30.9 Å². The number of aryl methyl sites for hydroxylation is 1. The summed E-state index contributed by atoms with van der Waals surface area (Å²) in [7, 11) is 0. The van der Waals surface area contributed by atoms with Crippen molar-refractivity contribution in [3.8, 4) is 12.1 Å². The topological polar surface area (TPSA) is 59.6 Å². The van der Waals surface area contributed by atoms with E-state index in [0.29, 0.717) is 12.0 Å². The van der Waals surface area contributed by atoms with Crippen LogP contribution >= 0.6 is 0 Å². The zero-order chi connectivity index (χ0) is 12.0. The highest BCUT2D eigenvalue weighted by atomic mass is 14.9. The zero-order valence-corrected chi connectivity index (χ0v) is 9.62. The number of hydrogen-bond acceptors (Lipinski definition) is 3. The average molecular weight is 213 g/mol. The Morgan fingerprint density at radius 2 is 2.12 bits per heavy atom. The van der Waals surface area contributed by atoms with Crippen molar-refractivity contribution in [2.75, 3.05) is 5.32 Å². The molecule has 0 radical (unpaired) electrons. The lowest BCUT2D eigenvalue weighted by Gasteiger charge is -2.16. The Morgan fingerprint density at radius 3 is 2.69 bits per heavy atom. The van der Waals surface area contributed by atoms with Crippen molar-refractivity contribution in [1.82, 2.24) is 0 Å². The number of rotatable bonds is 4. The highest BCUT2D eigenvalue weighted by Gasteiger charge is 2.09. The van der Waals surface area contributed by atoms with E-state index in [1.54, 1.807) is 0 Å². The summed E-state index contributed by atoms with van der Waals surface area (Å²) in [5.41, 5.74) is 2.45. The molecule has 0 aromatic heterocycles. The molecule has 0 aliphatic heterocycles. The van der Waals surface area contributed by atoms with Crippen molar-refractivity contribution < 1.29 is 0 Å². The summed E-state index contributed by atoms with van der Waals surface area (Å²) in [4.78, 5) is 0. The van der Waals surface area contributed by atoms with Gasteiger partial charge in [0.05, 0.1) is 23.7 Å². The van der Waals surface area contributed by atoms with Crippen LogP contribution in [0.5, 0.6) is 0 Å². The van der Waals surface area contributed by atoms with Crippen molar-refractivity contribution in [1.29, 1.82) is 10.5 Å². The molecule has 1 aromatic carbocycles. The molecule has 0 bridgehead atoms. The molecule has 82 valence electrons. The van der Waals surface area contributed by atoms with Crippen LogP contribution in [0.2, 0.25) is 0 Å². The number of benzene rings is 1. The van der Waals surface area contributed by atoms with E-state index in [-0.39, 0.29) is 6.04 Å². The number of nitrogens with zero attached hydrogens (tertiary/aromatic N) is 2. The second-order valence-corrected chi connectivity index (χ2v) is 3.72. The lowest BCUT2D eigenvalue weighted by molar-refractivity contribution is 0.711. The first kappa shape index (κ1) is 12.1. The third-order valence-corrected chi connectivity index (χ3v) is 2.57. The van der Waals surface area contributed by atoms with Crippen molar-refractivity contribution in [2.45, 2.75) is 32.7 Å². The summed E-state index contributed by atoms with van der Waals surface area (Å²) in [6, 6.07) is 10.2.